The summed E-state index contributed by atoms with van der Waals surface area (Å²) in [6, 6.07) is 0.839. The number of carbonyl (C=O) groups excluding carboxylic acids is 1. The van der Waals surface area contributed by atoms with Crippen LogP contribution in [-0.4, -0.2) is 60.2 Å². The van der Waals surface area contributed by atoms with Crippen molar-refractivity contribution in [3.63, 3.8) is 0 Å². The lowest BCUT2D eigenvalue weighted by atomic mass is 10.3. The smallest absolute Gasteiger partial charge is 0.372 e. The van der Waals surface area contributed by atoms with Gasteiger partial charge in [0, 0.05) is 39.0 Å². The fourth-order valence-corrected chi connectivity index (χ4v) is 2.10. The second kappa shape index (κ2) is 6.91. The zero-order chi connectivity index (χ0) is 16.2. The van der Waals surface area contributed by atoms with Gasteiger partial charge >= 0.3 is 6.18 Å². The van der Waals surface area contributed by atoms with Crippen LogP contribution in [0, 0.1) is 0 Å². The largest absolute Gasteiger partial charge is 0.433 e. The minimum atomic E-state index is -4.49. The first kappa shape index (κ1) is 16.5. The van der Waals surface area contributed by atoms with Crippen LogP contribution in [0.4, 0.5) is 19.1 Å². The Hall–Kier alpha value is -1.90. The molecule has 0 bridgehead atoms. The van der Waals surface area contributed by atoms with Gasteiger partial charge < -0.3 is 14.5 Å². The maximum atomic E-state index is 12.6. The first-order valence-electron chi connectivity index (χ1n) is 6.92. The van der Waals surface area contributed by atoms with E-state index in [1.165, 1.54) is 0 Å². The highest BCUT2D eigenvalue weighted by Crippen LogP contribution is 2.28. The summed E-state index contributed by atoms with van der Waals surface area (Å²) < 4.78 is 43.0. The number of ether oxygens (including phenoxy) is 1. The third-order valence-corrected chi connectivity index (χ3v) is 3.28. The molecule has 1 aliphatic rings. The number of aromatic nitrogens is 2. The van der Waals surface area contributed by atoms with Gasteiger partial charge in [-0.2, -0.15) is 13.2 Å². The molecule has 1 amide bonds. The minimum Gasteiger partial charge on any atom is -0.372 e. The van der Waals surface area contributed by atoms with Crippen LogP contribution in [0.2, 0.25) is 0 Å². The lowest BCUT2D eigenvalue weighted by molar-refractivity contribution is -0.141. The monoisotopic (exact) mass is 318 g/mol. The summed E-state index contributed by atoms with van der Waals surface area (Å²) in [7, 11) is 0. The normalized spacial score (nSPS) is 16.0. The average Bonchev–Trinajstić information content (AvgIpc) is 2.52. The summed E-state index contributed by atoms with van der Waals surface area (Å²) in [6.07, 6.45) is -3.40. The van der Waals surface area contributed by atoms with E-state index in [0.29, 0.717) is 32.8 Å². The summed E-state index contributed by atoms with van der Waals surface area (Å²) in [5, 5.41) is 0. The highest BCUT2D eigenvalue weighted by atomic mass is 19.4. The predicted octanol–water partition coefficient (Wildman–Crippen LogP) is 1.18. The van der Waals surface area contributed by atoms with Crippen LogP contribution in [0.3, 0.4) is 0 Å². The Morgan fingerprint density at radius 1 is 1.32 bits per heavy atom. The van der Waals surface area contributed by atoms with E-state index in [0.717, 1.165) is 12.3 Å². The summed E-state index contributed by atoms with van der Waals surface area (Å²) in [5.74, 6) is -0.0850. The highest BCUT2D eigenvalue weighted by molar-refractivity contribution is 5.77. The van der Waals surface area contributed by atoms with Gasteiger partial charge in [-0.3, -0.25) is 4.79 Å². The van der Waals surface area contributed by atoms with Crippen LogP contribution >= 0.6 is 0 Å². The maximum Gasteiger partial charge on any atom is 0.433 e. The average molecular weight is 318 g/mol. The van der Waals surface area contributed by atoms with Gasteiger partial charge in [0.1, 0.15) is 12.3 Å². The number of anilines is 1. The molecule has 0 unspecified atom stereocenters. The van der Waals surface area contributed by atoms with E-state index in [4.69, 9.17) is 4.74 Å². The molecule has 1 fully saturated rings. The van der Waals surface area contributed by atoms with E-state index in [-0.39, 0.29) is 18.5 Å². The fourth-order valence-electron chi connectivity index (χ4n) is 2.10. The maximum absolute atomic E-state index is 12.6. The lowest BCUT2D eigenvalue weighted by Crippen LogP contribution is -2.50. The number of amides is 1. The molecule has 1 saturated heterocycles. The molecule has 122 valence electrons. The molecule has 9 heteroatoms. The van der Waals surface area contributed by atoms with Gasteiger partial charge in [-0.05, 0) is 13.0 Å². The number of rotatable bonds is 4. The van der Waals surface area contributed by atoms with Gasteiger partial charge in [-0.15, -0.1) is 0 Å². The molecular formula is C13H17F3N4O2. The Morgan fingerprint density at radius 3 is 2.59 bits per heavy atom. The van der Waals surface area contributed by atoms with Crippen LogP contribution < -0.4 is 4.90 Å². The predicted molar refractivity (Wildman–Crippen MR) is 72.3 cm³/mol. The molecule has 0 radical (unpaired) electrons. The van der Waals surface area contributed by atoms with Gasteiger partial charge in [-0.1, -0.05) is 0 Å². The molecule has 0 saturated carbocycles. The van der Waals surface area contributed by atoms with Crippen molar-refractivity contribution in [1.82, 2.24) is 14.9 Å². The van der Waals surface area contributed by atoms with Gasteiger partial charge in [0.15, 0.2) is 0 Å². The number of nitrogens with zero attached hydrogens (tertiary/aromatic N) is 4. The molecule has 0 aliphatic carbocycles. The molecular weight excluding hydrogens is 301 g/mol. The van der Waals surface area contributed by atoms with Gasteiger partial charge in [0.2, 0.25) is 11.9 Å². The van der Waals surface area contributed by atoms with Crippen molar-refractivity contribution in [1.29, 1.82) is 0 Å². The molecule has 0 N–H and O–H groups in total. The van der Waals surface area contributed by atoms with Crippen molar-refractivity contribution >= 4 is 11.9 Å². The number of piperazine rings is 1. The van der Waals surface area contributed by atoms with Crippen molar-refractivity contribution < 1.29 is 22.7 Å². The van der Waals surface area contributed by atoms with E-state index in [1.807, 2.05) is 0 Å². The van der Waals surface area contributed by atoms with Crippen molar-refractivity contribution in [2.45, 2.75) is 13.1 Å². The summed E-state index contributed by atoms with van der Waals surface area (Å²) >= 11 is 0. The number of carbonyl (C=O) groups is 1. The first-order valence-corrected chi connectivity index (χ1v) is 6.92. The Kier molecular flexibility index (Phi) is 5.17. The van der Waals surface area contributed by atoms with Crippen LogP contribution in [0.25, 0.3) is 0 Å². The Bertz CT molecular complexity index is 516. The van der Waals surface area contributed by atoms with Gasteiger partial charge in [0.05, 0.1) is 0 Å². The van der Waals surface area contributed by atoms with E-state index >= 15 is 0 Å². The van der Waals surface area contributed by atoms with Crippen molar-refractivity contribution in [2.75, 3.05) is 44.3 Å². The summed E-state index contributed by atoms with van der Waals surface area (Å²) in [6.45, 7) is 3.88. The molecule has 2 rings (SSSR count). The van der Waals surface area contributed by atoms with Gasteiger partial charge in [0.25, 0.3) is 0 Å². The third kappa shape index (κ3) is 4.06. The molecule has 2 heterocycles. The molecule has 6 nitrogen and oxygen atoms in total. The number of hydrogen-bond acceptors (Lipinski definition) is 5. The zero-order valence-corrected chi connectivity index (χ0v) is 12.1. The minimum absolute atomic E-state index is 0.0244. The van der Waals surface area contributed by atoms with Crippen LogP contribution in [0.1, 0.15) is 12.6 Å². The van der Waals surface area contributed by atoms with E-state index in [9.17, 15) is 18.0 Å². The second-order valence-electron chi connectivity index (χ2n) is 4.74. The quantitative estimate of drug-likeness (QED) is 0.834. The van der Waals surface area contributed by atoms with Crippen LogP contribution in [-0.2, 0) is 15.7 Å². The van der Waals surface area contributed by atoms with E-state index in [2.05, 4.69) is 9.97 Å². The number of hydrogen-bond donors (Lipinski definition) is 0. The zero-order valence-electron chi connectivity index (χ0n) is 12.1. The highest BCUT2D eigenvalue weighted by Gasteiger charge is 2.33. The third-order valence-electron chi connectivity index (χ3n) is 3.28. The standard InChI is InChI=1S/C13H17F3N4O2/c1-2-22-9-11(21)19-5-7-20(8-6-19)12-17-4-3-10(18-12)13(14,15)16/h3-4H,2,5-9H2,1H3. The first-order chi connectivity index (χ1) is 10.4. The lowest BCUT2D eigenvalue weighted by Gasteiger charge is -2.34. The molecule has 1 aromatic heterocycles. The SMILES string of the molecule is CCOCC(=O)N1CCN(c2nccc(C(F)(F)F)n2)CC1. The van der Waals surface area contributed by atoms with Crippen molar-refractivity contribution in [3.05, 3.63) is 18.0 Å². The van der Waals surface area contributed by atoms with Crippen molar-refractivity contribution in [3.8, 4) is 0 Å². The molecule has 0 aromatic carbocycles. The number of alkyl halides is 3. The molecule has 1 aromatic rings. The molecule has 0 spiro atoms. The molecule has 0 atom stereocenters. The van der Waals surface area contributed by atoms with E-state index < -0.39 is 11.9 Å². The molecule has 1 aliphatic heterocycles. The number of halogens is 3. The van der Waals surface area contributed by atoms with Crippen molar-refractivity contribution in [2.24, 2.45) is 0 Å². The Balaban J connectivity index is 1.96. The van der Waals surface area contributed by atoms with Crippen LogP contribution in [0.15, 0.2) is 12.3 Å². The summed E-state index contributed by atoms with van der Waals surface area (Å²) in [5.41, 5.74) is -0.965. The Labute approximate surface area is 125 Å². The second-order valence-corrected chi connectivity index (χ2v) is 4.74. The van der Waals surface area contributed by atoms with Crippen LogP contribution in [0.5, 0.6) is 0 Å². The fraction of sp³-hybridized carbons (Fsp3) is 0.615. The van der Waals surface area contributed by atoms with E-state index in [1.54, 1.807) is 16.7 Å². The van der Waals surface area contributed by atoms with Gasteiger partial charge in [-0.25, -0.2) is 9.97 Å². The summed E-state index contributed by atoms with van der Waals surface area (Å²) in [4.78, 5) is 22.5. The molecule has 22 heavy (non-hydrogen) atoms. The Morgan fingerprint density at radius 2 is 2.00 bits per heavy atom. The topological polar surface area (TPSA) is 58.6 Å².